The second-order valence-electron chi connectivity index (χ2n) is 6.13. The van der Waals surface area contributed by atoms with E-state index in [9.17, 15) is 13.6 Å². The van der Waals surface area contributed by atoms with E-state index in [-0.39, 0.29) is 10.9 Å². The van der Waals surface area contributed by atoms with Gasteiger partial charge in [0.05, 0.1) is 6.21 Å². The van der Waals surface area contributed by atoms with Crippen molar-refractivity contribution in [2.45, 2.75) is 5.75 Å². The highest BCUT2D eigenvalue weighted by Gasteiger charge is 2.20. The zero-order chi connectivity index (χ0) is 22.2. The summed E-state index contributed by atoms with van der Waals surface area (Å²) in [6.45, 7) is 0. The Kier molecular flexibility index (Phi) is 7.91. The number of halogens is 3. The molecule has 0 radical (unpaired) electrons. The van der Waals surface area contributed by atoms with E-state index in [0.717, 1.165) is 23.8 Å². The van der Waals surface area contributed by atoms with Crippen LogP contribution in [-0.4, -0.2) is 17.4 Å². The van der Waals surface area contributed by atoms with Gasteiger partial charge in [-0.25, -0.2) is 13.6 Å². The minimum absolute atomic E-state index is 0.0605. The normalized spacial score (nSPS) is 11.6. The molecule has 9 heteroatoms. The van der Waals surface area contributed by atoms with E-state index in [1.165, 1.54) is 24.0 Å². The fraction of sp³-hybridized carbons (Fsp3) is 0.0455. The fourth-order valence-corrected chi connectivity index (χ4v) is 3.46. The summed E-state index contributed by atoms with van der Waals surface area (Å²) in [6.07, 6.45) is 1.33. The first kappa shape index (κ1) is 22.6. The average Bonchev–Trinajstić information content (AvgIpc) is 2.75. The summed E-state index contributed by atoms with van der Waals surface area (Å²) in [5.74, 6) is -2.48. The Hall–Kier alpha value is -3.04. The van der Waals surface area contributed by atoms with Crippen molar-refractivity contribution in [2.24, 2.45) is 15.9 Å². The van der Waals surface area contributed by atoms with Crippen LogP contribution in [0.5, 0.6) is 5.75 Å². The van der Waals surface area contributed by atoms with Gasteiger partial charge in [0, 0.05) is 15.8 Å². The van der Waals surface area contributed by atoms with Gasteiger partial charge in [0.25, 0.3) is 0 Å². The summed E-state index contributed by atoms with van der Waals surface area (Å²) in [7, 11) is 0. The van der Waals surface area contributed by atoms with Crippen LogP contribution in [0.3, 0.4) is 0 Å². The number of hydrogen-bond acceptors (Lipinski definition) is 5. The van der Waals surface area contributed by atoms with Crippen LogP contribution in [0.2, 0.25) is 0 Å². The molecule has 3 aromatic carbocycles. The van der Waals surface area contributed by atoms with Gasteiger partial charge in [0.1, 0.15) is 22.9 Å². The highest BCUT2D eigenvalue weighted by molar-refractivity contribution is 9.10. The van der Waals surface area contributed by atoms with Crippen molar-refractivity contribution in [1.82, 2.24) is 0 Å². The van der Waals surface area contributed by atoms with Gasteiger partial charge in [-0.15, -0.1) is 5.10 Å². The quantitative estimate of drug-likeness (QED) is 0.158. The topological polar surface area (TPSA) is 77.0 Å². The Labute approximate surface area is 190 Å². The van der Waals surface area contributed by atoms with E-state index >= 15 is 0 Å². The molecule has 0 aliphatic rings. The maximum atomic E-state index is 13.8. The minimum Gasteiger partial charge on any atom is -0.422 e. The molecule has 0 saturated heterocycles. The molecule has 2 N–H and O–H groups in total. The van der Waals surface area contributed by atoms with E-state index < -0.39 is 23.2 Å². The number of esters is 1. The molecule has 0 aliphatic heterocycles. The monoisotopic (exact) mass is 503 g/mol. The Bertz CT molecular complexity index is 1120. The molecule has 0 saturated carbocycles. The predicted octanol–water partition coefficient (Wildman–Crippen LogP) is 5.53. The van der Waals surface area contributed by atoms with Gasteiger partial charge in [-0.3, -0.25) is 0 Å². The van der Waals surface area contributed by atoms with Gasteiger partial charge < -0.3 is 10.5 Å². The SMILES string of the molecule is NC(=NN=Cc1cc(Br)ccc1OC(=O)c1c(F)cccc1F)SCc1ccccc1. The molecule has 158 valence electrons. The van der Waals surface area contributed by atoms with Gasteiger partial charge in [-0.1, -0.05) is 64.1 Å². The lowest BCUT2D eigenvalue weighted by molar-refractivity contribution is 0.0724. The Morgan fingerprint density at radius 1 is 1.06 bits per heavy atom. The molecular formula is C22H16BrF2N3O2S. The summed E-state index contributed by atoms with van der Waals surface area (Å²) < 4.78 is 33.6. The molecule has 0 bridgehead atoms. The number of benzene rings is 3. The number of nitrogens with zero attached hydrogens (tertiary/aromatic N) is 2. The van der Waals surface area contributed by atoms with Crippen molar-refractivity contribution in [1.29, 1.82) is 0 Å². The van der Waals surface area contributed by atoms with Crippen LogP contribution in [0, 0.1) is 11.6 Å². The van der Waals surface area contributed by atoms with Gasteiger partial charge in [-0.05, 0) is 35.9 Å². The molecule has 0 aromatic heterocycles. The molecule has 0 spiro atoms. The summed E-state index contributed by atoms with van der Waals surface area (Å²) in [6, 6.07) is 17.6. The third-order valence-electron chi connectivity index (χ3n) is 3.92. The first-order valence-corrected chi connectivity index (χ1v) is 10.7. The predicted molar refractivity (Wildman–Crippen MR) is 122 cm³/mol. The standard InChI is InChI=1S/C22H16BrF2N3O2S/c23-16-9-10-19(30-21(29)20-17(24)7-4-8-18(20)25)15(11-16)12-27-28-22(26)31-13-14-5-2-1-3-6-14/h1-12H,13H2,(H2,26,28). The van der Waals surface area contributed by atoms with E-state index in [0.29, 0.717) is 15.8 Å². The maximum Gasteiger partial charge on any atom is 0.349 e. The van der Waals surface area contributed by atoms with Gasteiger partial charge in [0.2, 0.25) is 0 Å². The van der Waals surface area contributed by atoms with Crippen LogP contribution >= 0.6 is 27.7 Å². The second kappa shape index (κ2) is 10.8. The summed E-state index contributed by atoms with van der Waals surface area (Å²) in [5, 5.41) is 8.10. The van der Waals surface area contributed by atoms with Crippen molar-refractivity contribution in [2.75, 3.05) is 0 Å². The maximum absolute atomic E-state index is 13.8. The Morgan fingerprint density at radius 2 is 1.77 bits per heavy atom. The molecule has 5 nitrogen and oxygen atoms in total. The Balaban J connectivity index is 1.73. The lowest BCUT2D eigenvalue weighted by atomic mass is 10.2. The first-order chi connectivity index (χ1) is 14.9. The van der Waals surface area contributed by atoms with Crippen molar-refractivity contribution >= 4 is 45.0 Å². The van der Waals surface area contributed by atoms with Gasteiger partial charge >= 0.3 is 5.97 Å². The van der Waals surface area contributed by atoms with Crippen LogP contribution in [-0.2, 0) is 5.75 Å². The number of carbonyl (C=O) groups is 1. The van der Waals surface area contributed by atoms with E-state index in [4.69, 9.17) is 10.5 Å². The van der Waals surface area contributed by atoms with E-state index in [2.05, 4.69) is 26.1 Å². The number of hydrogen-bond donors (Lipinski definition) is 1. The van der Waals surface area contributed by atoms with Crippen LogP contribution in [0.15, 0.2) is 81.4 Å². The first-order valence-electron chi connectivity index (χ1n) is 8.93. The molecule has 3 aromatic rings. The highest BCUT2D eigenvalue weighted by Crippen LogP contribution is 2.24. The third-order valence-corrected chi connectivity index (χ3v) is 5.27. The third kappa shape index (κ3) is 6.47. The van der Waals surface area contributed by atoms with Gasteiger partial charge in [0.15, 0.2) is 5.17 Å². The van der Waals surface area contributed by atoms with Gasteiger partial charge in [-0.2, -0.15) is 5.10 Å². The van der Waals surface area contributed by atoms with Crippen LogP contribution in [0.1, 0.15) is 21.5 Å². The number of nitrogens with two attached hydrogens (primary N) is 1. The van der Waals surface area contributed by atoms with Crippen molar-refractivity contribution in [3.05, 3.63) is 99.5 Å². The average molecular weight is 504 g/mol. The lowest BCUT2D eigenvalue weighted by Gasteiger charge is -2.09. The second-order valence-corrected chi connectivity index (χ2v) is 8.04. The molecule has 0 aliphatic carbocycles. The van der Waals surface area contributed by atoms with E-state index in [1.54, 1.807) is 12.1 Å². The Morgan fingerprint density at radius 3 is 2.48 bits per heavy atom. The molecule has 0 atom stereocenters. The van der Waals surface area contributed by atoms with Crippen LogP contribution < -0.4 is 10.5 Å². The molecule has 0 fully saturated rings. The number of amidine groups is 1. The lowest BCUT2D eigenvalue weighted by Crippen LogP contribution is -2.14. The molecule has 0 unspecified atom stereocenters. The molecule has 31 heavy (non-hydrogen) atoms. The zero-order valence-corrected chi connectivity index (χ0v) is 18.4. The molecule has 3 rings (SSSR count). The summed E-state index contributed by atoms with van der Waals surface area (Å²) in [4.78, 5) is 12.3. The summed E-state index contributed by atoms with van der Waals surface area (Å²) >= 11 is 4.63. The molecule has 0 heterocycles. The molecular weight excluding hydrogens is 488 g/mol. The largest absolute Gasteiger partial charge is 0.422 e. The van der Waals surface area contributed by atoms with E-state index in [1.807, 2.05) is 30.3 Å². The number of thioether (sulfide) groups is 1. The number of rotatable bonds is 6. The van der Waals surface area contributed by atoms with Crippen molar-refractivity contribution in [3.63, 3.8) is 0 Å². The number of ether oxygens (including phenoxy) is 1. The smallest absolute Gasteiger partial charge is 0.349 e. The summed E-state index contributed by atoms with van der Waals surface area (Å²) in [5.41, 5.74) is 6.55. The van der Waals surface area contributed by atoms with Crippen molar-refractivity contribution < 1.29 is 18.3 Å². The van der Waals surface area contributed by atoms with Crippen molar-refractivity contribution in [3.8, 4) is 5.75 Å². The number of carbonyl (C=O) groups excluding carboxylic acids is 1. The zero-order valence-electron chi connectivity index (χ0n) is 16.0. The minimum atomic E-state index is -1.16. The molecule has 0 amide bonds. The van der Waals surface area contributed by atoms with Crippen LogP contribution in [0.4, 0.5) is 8.78 Å². The highest BCUT2D eigenvalue weighted by atomic mass is 79.9. The fourth-order valence-electron chi connectivity index (χ4n) is 2.47. The van der Waals surface area contributed by atoms with Crippen LogP contribution in [0.25, 0.3) is 0 Å².